The van der Waals surface area contributed by atoms with Crippen LogP contribution in [0.15, 0.2) is 24.3 Å². The number of halogens is 4. The molecule has 2 saturated heterocycles. The van der Waals surface area contributed by atoms with E-state index in [0.717, 1.165) is 46.3 Å². The van der Waals surface area contributed by atoms with Gasteiger partial charge in [0.25, 0.3) is 0 Å². The summed E-state index contributed by atoms with van der Waals surface area (Å²) in [6, 6.07) is 9.86. The van der Waals surface area contributed by atoms with Crippen molar-refractivity contribution in [2.24, 2.45) is 23.7 Å². The van der Waals surface area contributed by atoms with E-state index in [9.17, 15) is 17.3 Å². The minimum atomic E-state index is -6.00. The molecule has 0 nitrogen and oxygen atoms in total. The second kappa shape index (κ2) is 13.9. The molecule has 2 fully saturated rings. The Bertz CT molecular complexity index is 649. The van der Waals surface area contributed by atoms with E-state index in [0.29, 0.717) is 0 Å². The third-order valence-corrected chi connectivity index (χ3v) is 15.8. The molecule has 1 aromatic rings. The Labute approximate surface area is 221 Å². The van der Waals surface area contributed by atoms with E-state index in [1.807, 2.05) is 10.6 Å². The molecule has 1 aromatic carbocycles. The summed E-state index contributed by atoms with van der Waals surface area (Å²) in [5, 5.41) is 3.66. The van der Waals surface area contributed by atoms with Gasteiger partial charge in [-0.2, -0.15) is 0 Å². The fourth-order valence-corrected chi connectivity index (χ4v) is 14.5. The Kier molecular flexibility index (Phi) is 13.3. The maximum Gasteiger partial charge on any atom is 0.673 e. The third-order valence-electron chi connectivity index (χ3n) is 7.46. The van der Waals surface area contributed by atoms with Gasteiger partial charge in [0.15, 0.2) is 0 Å². The third kappa shape index (κ3) is 8.52. The molecule has 2 aliphatic rings. The maximum atomic E-state index is 9.75. The van der Waals surface area contributed by atoms with Crippen molar-refractivity contribution in [3.05, 3.63) is 24.3 Å². The maximum absolute atomic E-state index is 9.75. The first kappa shape index (κ1) is 32.5. The summed E-state index contributed by atoms with van der Waals surface area (Å²) in [6.07, 6.45) is 5.83. The van der Waals surface area contributed by atoms with Gasteiger partial charge in [-0.15, -0.1) is 0 Å². The van der Waals surface area contributed by atoms with Gasteiger partial charge in [0.2, 0.25) is 0 Å². The van der Waals surface area contributed by atoms with Gasteiger partial charge in [-0.05, 0) is 82.6 Å². The molecular formula is C26H44BF4P2Rh-. The molecule has 34 heavy (non-hydrogen) atoms. The summed E-state index contributed by atoms with van der Waals surface area (Å²) in [6.45, 7) is 19.9. The summed E-state index contributed by atoms with van der Waals surface area (Å²) in [5.74, 6) is 3.28. The monoisotopic (exact) mass is 608 g/mol. The van der Waals surface area contributed by atoms with Crippen molar-refractivity contribution >= 4 is 33.7 Å². The van der Waals surface area contributed by atoms with Crippen molar-refractivity contribution in [3.8, 4) is 0 Å². The average Bonchev–Trinajstić information content (AvgIpc) is 3.31. The van der Waals surface area contributed by atoms with Crippen LogP contribution in [0.5, 0.6) is 0 Å². The van der Waals surface area contributed by atoms with Crippen LogP contribution in [0, 0.1) is 23.7 Å². The molecule has 2 heterocycles. The van der Waals surface area contributed by atoms with Crippen molar-refractivity contribution in [1.29, 1.82) is 0 Å². The molecule has 0 saturated carbocycles. The molecule has 0 bridgehead atoms. The fraction of sp³-hybridized carbons (Fsp3) is 0.769. The summed E-state index contributed by atoms with van der Waals surface area (Å²) >= 11 is 0. The van der Waals surface area contributed by atoms with E-state index >= 15 is 0 Å². The van der Waals surface area contributed by atoms with Gasteiger partial charge in [0, 0.05) is 19.5 Å². The zero-order valence-electron chi connectivity index (χ0n) is 22.1. The minimum absolute atomic E-state index is 0. The molecule has 8 heteroatoms. The minimum Gasteiger partial charge on any atom is -0.418 e. The molecule has 0 N–H and O–H groups in total. The van der Waals surface area contributed by atoms with Crippen LogP contribution in [0.2, 0.25) is 0 Å². The van der Waals surface area contributed by atoms with Crippen LogP contribution in [0.4, 0.5) is 17.3 Å². The fourth-order valence-electron chi connectivity index (χ4n) is 5.96. The molecule has 0 aliphatic carbocycles. The van der Waals surface area contributed by atoms with E-state index in [4.69, 9.17) is 0 Å². The summed E-state index contributed by atoms with van der Waals surface area (Å²) < 4.78 is 39.0. The van der Waals surface area contributed by atoms with Crippen molar-refractivity contribution in [3.63, 3.8) is 0 Å². The van der Waals surface area contributed by atoms with Gasteiger partial charge in [0.05, 0.1) is 0 Å². The molecule has 2 aliphatic heterocycles. The molecule has 1 radical (unpaired) electrons. The quantitative estimate of drug-likeness (QED) is 0.172. The molecule has 0 unspecified atom stereocenters. The number of rotatable bonds is 6. The van der Waals surface area contributed by atoms with E-state index < -0.39 is 7.25 Å². The Morgan fingerprint density at radius 1 is 0.588 bits per heavy atom. The standard InChI is InChI=1S/C26H44P2.BF4.Rh/c1-17(2)21-13-14-22(18(3)4)27(21)25-11-9-10-12-26(25)28-23(19(5)6)15-16-24(28)20(7)8;2-1(3,4)5;/h9-12,17-24H,13-16H2,1-8H3;;/q;-1;/t21-,22-,23-,24-;;/m0../s1. The normalized spacial score (nSPS) is 26.4. The Hall–Kier alpha value is 0.488. The largest absolute Gasteiger partial charge is 0.673 e. The van der Waals surface area contributed by atoms with Crippen LogP contribution in [0.1, 0.15) is 81.1 Å². The molecule has 3 rings (SSSR count). The van der Waals surface area contributed by atoms with Crippen molar-refractivity contribution in [2.75, 3.05) is 0 Å². The van der Waals surface area contributed by atoms with Crippen molar-refractivity contribution in [2.45, 2.75) is 104 Å². The first-order chi connectivity index (χ1) is 15.2. The molecule has 0 spiro atoms. The van der Waals surface area contributed by atoms with E-state index in [1.54, 1.807) is 0 Å². The predicted octanol–water partition coefficient (Wildman–Crippen LogP) is 8.88. The number of hydrogen-bond donors (Lipinski definition) is 0. The van der Waals surface area contributed by atoms with E-state index in [-0.39, 0.29) is 35.3 Å². The topological polar surface area (TPSA) is 0 Å². The summed E-state index contributed by atoms with van der Waals surface area (Å²) in [7, 11) is -6.09. The van der Waals surface area contributed by atoms with Gasteiger partial charge < -0.3 is 17.3 Å². The van der Waals surface area contributed by atoms with Crippen LogP contribution < -0.4 is 10.6 Å². The summed E-state index contributed by atoms with van der Waals surface area (Å²) in [5.41, 5.74) is 3.71. The smallest absolute Gasteiger partial charge is 0.418 e. The molecule has 199 valence electrons. The molecule has 0 aromatic heterocycles. The van der Waals surface area contributed by atoms with Gasteiger partial charge in [0.1, 0.15) is 0 Å². The van der Waals surface area contributed by atoms with Crippen LogP contribution in [0.3, 0.4) is 0 Å². The molecule has 0 amide bonds. The SMILES string of the molecule is CC(C)[C@@H]1CC[C@@H](C(C)C)P1c1ccccc1P1[C@H](C(C)C)CC[C@H]1C(C)C.F[B-](F)(F)F.[Rh]. The van der Waals surface area contributed by atoms with Gasteiger partial charge >= 0.3 is 7.25 Å². The van der Waals surface area contributed by atoms with Crippen LogP contribution in [-0.4, -0.2) is 29.9 Å². The predicted molar refractivity (Wildman–Crippen MR) is 143 cm³/mol. The molecular weight excluding hydrogens is 564 g/mol. The number of hydrogen-bond acceptors (Lipinski definition) is 0. The van der Waals surface area contributed by atoms with Gasteiger partial charge in [-0.3, -0.25) is 0 Å². The van der Waals surface area contributed by atoms with Gasteiger partial charge in [-0.25, -0.2) is 0 Å². The first-order valence-corrected chi connectivity index (χ1v) is 15.7. The summed E-state index contributed by atoms with van der Waals surface area (Å²) in [4.78, 5) is 0. The first-order valence-electron chi connectivity index (χ1n) is 12.8. The zero-order chi connectivity index (χ0) is 25.1. The molecule has 4 atom stereocenters. The second-order valence-electron chi connectivity index (χ2n) is 11.2. The van der Waals surface area contributed by atoms with E-state index in [2.05, 4.69) is 79.7 Å². The van der Waals surface area contributed by atoms with Crippen molar-refractivity contribution < 1.29 is 36.7 Å². The van der Waals surface area contributed by atoms with Gasteiger partial charge in [-0.1, -0.05) is 95.5 Å². The van der Waals surface area contributed by atoms with Crippen LogP contribution >= 0.6 is 15.8 Å². The number of benzene rings is 1. The Morgan fingerprint density at radius 2 is 0.794 bits per heavy atom. The average molecular weight is 608 g/mol. The van der Waals surface area contributed by atoms with Crippen LogP contribution in [-0.2, 0) is 19.5 Å². The van der Waals surface area contributed by atoms with Crippen LogP contribution in [0.25, 0.3) is 0 Å². The Balaban J connectivity index is 0.000000873. The zero-order valence-corrected chi connectivity index (χ0v) is 25.5. The Morgan fingerprint density at radius 3 is 0.971 bits per heavy atom. The van der Waals surface area contributed by atoms with E-state index in [1.165, 1.54) is 25.7 Å². The van der Waals surface area contributed by atoms with Crippen molar-refractivity contribution in [1.82, 2.24) is 0 Å². The second-order valence-corrected chi connectivity index (χ2v) is 16.4.